The second-order valence-corrected chi connectivity index (χ2v) is 7.41. The average Bonchev–Trinajstić information content (AvgIpc) is 1.38. The second-order valence-electron chi connectivity index (χ2n) is 0.622. The molecule has 0 saturated heterocycles. The van der Waals surface area contributed by atoms with Gasteiger partial charge >= 0.3 is 42.9 Å². The average molecular weight is 261 g/mol. The predicted octanol–water partition coefficient (Wildman–Crippen LogP) is 1.12. The minimum atomic E-state index is -0.0149. The SMILES string of the molecule is CO[P+](C)=[W]. The van der Waals surface area contributed by atoms with Crippen molar-refractivity contribution in [1.82, 2.24) is 0 Å². The van der Waals surface area contributed by atoms with Gasteiger partial charge in [-0.1, -0.05) is 0 Å². The first-order chi connectivity index (χ1) is 2.27. The van der Waals surface area contributed by atoms with E-state index in [4.69, 9.17) is 4.52 Å². The van der Waals surface area contributed by atoms with Crippen LogP contribution in [-0.2, 0) is 23.3 Å². The first kappa shape index (κ1) is 5.95. The molecule has 0 aliphatic rings. The fraction of sp³-hybridized carbons (Fsp3) is 1.00. The van der Waals surface area contributed by atoms with Crippen LogP contribution in [0.25, 0.3) is 0 Å². The van der Waals surface area contributed by atoms with Crippen LogP contribution in [0.4, 0.5) is 0 Å². The third kappa shape index (κ3) is 4.95. The van der Waals surface area contributed by atoms with E-state index < -0.39 is 0 Å². The topological polar surface area (TPSA) is 9.23 Å². The predicted molar refractivity (Wildman–Crippen MR) is 19.9 cm³/mol. The van der Waals surface area contributed by atoms with Crippen molar-refractivity contribution in [3.63, 3.8) is 0 Å². The van der Waals surface area contributed by atoms with E-state index in [1.165, 1.54) is 0 Å². The Balaban J connectivity index is 2.85. The van der Waals surface area contributed by atoms with E-state index in [9.17, 15) is 0 Å². The van der Waals surface area contributed by atoms with Gasteiger partial charge in [-0.15, -0.1) is 0 Å². The molecule has 0 amide bonds. The molecule has 0 aromatic heterocycles. The van der Waals surface area contributed by atoms with Crippen molar-refractivity contribution >= 4 is 5.78 Å². The van der Waals surface area contributed by atoms with Gasteiger partial charge in [0.2, 0.25) is 0 Å². The quantitative estimate of drug-likeness (QED) is 0.643. The molecule has 1 atom stereocenters. The van der Waals surface area contributed by atoms with Crippen molar-refractivity contribution < 1.29 is 23.3 Å². The summed E-state index contributed by atoms with van der Waals surface area (Å²) in [5.74, 6) is -0.0149. The standard InChI is InChI=1S/C2H6OP.W/c1-3-4-2;/h1-2H3;/q-1;+2. The van der Waals surface area contributed by atoms with Gasteiger partial charge < -0.3 is 0 Å². The molecule has 0 N–H and O–H groups in total. The molecule has 0 saturated carbocycles. The summed E-state index contributed by atoms with van der Waals surface area (Å²) in [7, 11) is 1.75. The van der Waals surface area contributed by atoms with Crippen LogP contribution >= 0.6 is 5.78 Å². The molecule has 0 heterocycles. The van der Waals surface area contributed by atoms with Gasteiger partial charge in [0, 0.05) is 0 Å². The summed E-state index contributed by atoms with van der Waals surface area (Å²) < 4.78 is 4.85. The van der Waals surface area contributed by atoms with E-state index in [0.29, 0.717) is 0 Å². The Morgan fingerprint density at radius 1 is 1.80 bits per heavy atom. The van der Waals surface area contributed by atoms with E-state index in [2.05, 4.69) is 6.66 Å². The molecule has 0 aromatic rings. The van der Waals surface area contributed by atoms with E-state index in [0.717, 1.165) is 0 Å². The zero-order chi connectivity index (χ0) is 4.28. The number of hydrogen-bond donors (Lipinski definition) is 0. The zero-order valence-electron chi connectivity index (χ0n) is 3.26. The van der Waals surface area contributed by atoms with Crippen molar-refractivity contribution in [2.24, 2.45) is 0 Å². The Morgan fingerprint density at radius 2 is 2.00 bits per heavy atom. The van der Waals surface area contributed by atoms with E-state index in [1.807, 2.05) is 0 Å². The van der Waals surface area contributed by atoms with Gasteiger partial charge in [0.05, 0.1) is 0 Å². The third-order valence-electron chi connectivity index (χ3n) is 0.257. The van der Waals surface area contributed by atoms with Gasteiger partial charge in [-0.25, -0.2) is 0 Å². The van der Waals surface area contributed by atoms with Crippen LogP contribution in [0, 0.1) is 0 Å². The molecule has 1 nitrogen and oxygen atoms in total. The maximum absolute atomic E-state index is 4.85. The summed E-state index contributed by atoms with van der Waals surface area (Å²) >= 11 is 1.55. The summed E-state index contributed by atoms with van der Waals surface area (Å²) in [6.45, 7) is 2.10. The van der Waals surface area contributed by atoms with E-state index in [-0.39, 0.29) is 5.78 Å². The van der Waals surface area contributed by atoms with Crippen LogP contribution in [0.5, 0.6) is 0 Å². The second kappa shape index (κ2) is 3.15. The maximum atomic E-state index is 4.85. The molecule has 0 aliphatic carbocycles. The molecular formula is C2H6OPW+. The molecule has 0 spiro atoms. The van der Waals surface area contributed by atoms with Gasteiger partial charge in [-0.2, -0.15) is 0 Å². The van der Waals surface area contributed by atoms with Crippen LogP contribution in [-0.4, -0.2) is 13.8 Å². The molecule has 5 heavy (non-hydrogen) atoms. The van der Waals surface area contributed by atoms with Gasteiger partial charge in [-0.05, 0) is 0 Å². The zero-order valence-corrected chi connectivity index (χ0v) is 7.09. The fourth-order valence-corrected chi connectivity index (χ4v) is 0. The monoisotopic (exact) mass is 261 g/mol. The van der Waals surface area contributed by atoms with Crippen LogP contribution in [0.3, 0.4) is 0 Å². The Hall–Kier alpha value is 0.948. The van der Waals surface area contributed by atoms with E-state index >= 15 is 0 Å². The summed E-state index contributed by atoms with van der Waals surface area (Å²) in [4.78, 5) is 0. The third-order valence-corrected chi connectivity index (χ3v) is 2.38. The summed E-state index contributed by atoms with van der Waals surface area (Å²) in [6, 6.07) is 0. The Bertz CT molecular complexity index is 44.9. The summed E-state index contributed by atoms with van der Waals surface area (Å²) in [6.07, 6.45) is 0. The van der Waals surface area contributed by atoms with Crippen molar-refractivity contribution in [3.05, 3.63) is 0 Å². The molecule has 0 aromatic carbocycles. The van der Waals surface area contributed by atoms with Crippen molar-refractivity contribution in [3.8, 4) is 0 Å². The molecule has 0 fully saturated rings. The van der Waals surface area contributed by atoms with Gasteiger partial charge in [0.15, 0.2) is 0 Å². The molecule has 0 bridgehead atoms. The molecule has 0 rings (SSSR count). The molecule has 0 radical (unpaired) electrons. The normalized spacial score (nSPS) is 11.2. The Kier molecular flexibility index (Phi) is 3.75. The summed E-state index contributed by atoms with van der Waals surface area (Å²) in [5, 5.41) is 0. The van der Waals surface area contributed by atoms with Crippen LogP contribution < -0.4 is 0 Å². The van der Waals surface area contributed by atoms with E-state index in [1.54, 1.807) is 25.9 Å². The first-order valence-corrected chi connectivity index (χ1v) is 6.78. The Morgan fingerprint density at radius 3 is 2.00 bits per heavy atom. The molecule has 0 aliphatic heterocycles. The molecular weight excluding hydrogens is 255 g/mol. The molecule has 3 heteroatoms. The minimum absolute atomic E-state index is 0.0149. The van der Waals surface area contributed by atoms with Crippen LogP contribution in [0.2, 0.25) is 0 Å². The summed E-state index contributed by atoms with van der Waals surface area (Å²) in [5.41, 5.74) is 0. The van der Waals surface area contributed by atoms with Crippen molar-refractivity contribution in [1.29, 1.82) is 0 Å². The van der Waals surface area contributed by atoms with Crippen LogP contribution in [0.15, 0.2) is 0 Å². The van der Waals surface area contributed by atoms with Gasteiger partial charge in [0.25, 0.3) is 0 Å². The number of hydrogen-bond acceptors (Lipinski definition) is 1. The van der Waals surface area contributed by atoms with Crippen molar-refractivity contribution in [2.45, 2.75) is 0 Å². The van der Waals surface area contributed by atoms with Crippen molar-refractivity contribution in [2.75, 3.05) is 13.8 Å². The van der Waals surface area contributed by atoms with Crippen LogP contribution in [0.1, 0.15) is 0 Å². The van der Waals surface area contributed by atoms with Gasteiger partial charge in [0.1, 0.15) is 0 Å². The molecule has 30 valence electrons. The van der Waals surface area contributed by atoms with Gasteiger partial charge in [-0.3, -0.25) is 0 Å². The fourth-order valence-electron chi connectivity index (χ4n) is 0. The first-order valence-electron chi connectivity index (χ1n) is 1.22. The molecule has 1 unspecified atom stereocenters. The number of rotatable bonds is 1. The Labute approximate surface area is 43.3 Å².